The number of ether oxygens (including phenoxy) is 1. The zero-order chi connectivity index (χ0) is 17.1. The highest BCUT2D eigenvalue weighted by molar-refractivity contribution is 5.79. The number of aromatic nitrogens is 1. The molecule has 0 bridgehead atoms. The van der Waals surface area contributed by atoms with Gasteiger partial charge in [0.05, 0.1) is 5.54 Å². The van der Waals surface area contributed by atoms with Crippen LogP contribution in [0.2, 0.25) is 0 Å². The Hall–Kier alpha value is -2.01. The molecule has 0 atom stereocenters. The van der Waals surface area contributed by atoms with E-state index in [2.05, 4.69) is 39.9 Å². The van der Waals surface area contributed by atoms with Crippen LogP contribution in [0.25, 0.3) is 10.9 Å². The molecule has 3 N–H and O–H groups in total. The van der Waals surface area contributed by atoms with Crippen molar-refractivity contribution in [2.45, 2.75) is 52.3 Å². The number of fused-ring (bicyclic) bond motifs is 1. The summed E-state index contributed by atoms with van der Waals surface area (Å²) in [6.45, 7) is 10.9. The predicted molar refractivity (Wildman–Crippen MR) is 93.5 cm³/mol. The van der Waals surface area contributed by atoms with E-state index in [1.54, 1.807) is 0 Å². The van der Waals surface area contributed by atoms with Crippen LogP contribution in [0, 0.1) is 0 Å². The van der Waals surface area contributed by atoms with Crippen molar-refractivity contribution >= 4 is 17.0 Å². The van der Waals surface area contributed by atoms with Crippen molar-refractivity contribution in [3.8, 4) is 0 Å². The van der Waals surface area contributed by atoms with Gasteiger partial charge in [-0.3, -0.25) is 0 Å². The first-order chi connectivity index (χ1) is 10.6. The van der Waals surface area contributed by atoms with Gasteiger partial charge in [0.25, 0.3) is 0 Å². The minimum absolute atomic E-state index is 0.388. The van der Waals surface area contributed by atoms with Crippen LogP contribution in [0.4, 0.5) is 4.79 Å². The first-order valence-corrected chi connectivity index (χ1v) is 7.93. The number of hydrogen-bond acceptors (Lipinski definition) is 3. The van der Waals surface area contributed by atoms with Gasteiger partial charge < -0.3 is 20.4 Å². The average molecular weight is 317 g/mol. The van der Waals surface area contributed by atoms with Crippen molar-refractivity contribution < 1.29 is 9.53 Å². The summed E-state index contributed by atoms with van der Waals surface area (Å²) in [6.07, 6.45) is 1.55. The summed E-state index contributed by atoms with van der Waals surface area (Å²) in [5, 5.41) is 7.49. The average Bonchev–Trinajstić information content (AvgIpc) is 2.82. The van der Waals surface area contributed by atoms with E-state index >= 15 is 0 Å². The first kappa shape index (κ1) is 17.3. The number of carbonyl (C=O) groups excluding carboxylic acids is 1. The molecule has 126 valence electrons. The summed E-state index contributed by atoms with van der Waals surface area (Å²) in [4.78, 5) is 15.0. The fourth-order valence-electron chi connectivity index (χ4n) is 2.36. The third-order valence-electron chi connectivity index (χ3n) is 3.35. The normalized spacial score (nSPS) is 12.4. The number of amides is 1. The van der Waals surface area contributed by atoms with Crippen LogP contribution < -0.4 is 10.6 Å². The van der Waals surface area contributed by atoms with Gasteiger partial charge in [-0.05, 0) is 63.8 Å². The molecule has 0 radical (unpaired) electrons. The Balaban J connectivity index is 1.82. The highest BCUT2D eigenvalue weighted by atomic mass is 16.6. The van der Waals surface area contributed by atoms with E-state index in [0.29, 0.717) is 6.54 Å². The van der Waals surface area contributed by atoms with E-state index in [4.69, 9.17) is 4.74 Å². The molecular weight excluding hydrogens is 290 g/mol. The molecule has 0 saturated heterocycles. The van der Waals surface area contributed by atoms with Crippen molar-refractivity contribution in [2.24, 2.45) is 0 Å². The number of carbonyl (C=O) groups is 1. The Morgan fingerprint density at radius 1 is 1.17 bits per heavy atom. The summed E-state index contributed by atoms with van der Waals surface area (Å²) in [6, 6.07) is 8.40. The van der Waals surface area contributed by atoms with E-state index in [1.807, 2.05) is 40.8 Å². The Morgan fingerprint density at radius 3 is 2.61 bits per heavy atom. The summed E-state index contributed by atoms with van der Waals surface area (Å²) in [5.74, 6) is 0. The van der Waals surface area contributed by atoms with E-state index in [0.717, 1.165) is 12.1 Å². The van der Waals surface area contributed by atoms with Crippen LogP contribution in [0.1, 0.15) is 40.2 Å². The van der Waals surface area contributed by atoms with Gasteiger partial charge in [-0.2, -0.15) is 0 Å². The molecule has 0 aliphatic rings. The molecule has 23 heavy (non-hydrogen) atoms. The number of rotatable bonds is 5. The molecule has 2 aromatic rings. The Morgan fingerprint density at radius 2 is 1.91 bits per heavy atom. The fraction of sp³-hybridized carbons (Fsp3) is 0.500. The Kier molecular flexibility index (Phi) is 5.00. The molecule has 0 fully saturated rings. The molecular formula is C18H27N3O2. The zero-order valence-corrected chi connectivity index (χ0v) is 14.6. The van der Waals surface area contributed by atoms with Crippen molar-refractivity contribution in [2.75, 3.05) is 6.54 Å². The van der Waals surface area contributed by atoms with Gasteiger partial charge in [0.2, 0.25) is 0 Å². The molecule has 0 aliphatic heterocycles. The summed E-state index contributed by atoms with van der Waals surface area (Å²) in [7, 11) is 0. The standard InChI is InChI=1S/C18H27N3O2/c1-17(2,3)23-16(22)21-18(4,5)12-19-11-13-6-7-15-14(10-13)8-9-20-15/h6-10,19-20H,11-12H2,1-5H3,(H,21,22). The molecule has 5 nitrogen and oxygen atoms in total. The second kappa shape index (κ2) is 6.62. The first-order valence-electron chi connectivity index (χ1n) is 7.93. The smallest absolute Gasteiger partial charge is 0.408 e. The summed E-state index contributed by atoms with van der Waals surface area (Å²) >= 11 is 0. The quantitative estimate of drug-likeness (QED) is 0.790. The third kappa shape index (κ3) is 5.60. The van der Waals surface area contributed by atoms with Crippen molar-refractivity contribution in [3.05, 3.63) is 36.0 Å². The summed E-state index contributed by atoms with van der Waals surface area (Å²) < 4.78 is 5.30. The van der Waals surface area contributed by atoms with E-state index in [9.17, 15) is 4.79 Å². The van der Waals surface area contributed by atoms with E-state index in [1.165, 1.54) is 10.9 Å². The number of hydrogen-bond donors (Lipinski definition) is 3. The van der Waals surface area contributed by atoms with Crippen LogP contribution in [-0.4, -0.2) is 28.8 Å². The van der Waals surface area contributed by atoms with Crippen LogP contribution in [0.15, 0.2) is 30.5 Å². The Bertz CT molecular complexity index is 668. The number of alkyl carbamates (subject to hydrolysis) is 1. The molecule has 5 heteroatoms. The topological polar surface area (TPSA) is 66.2 Å². The lowest BCUT2D eigenvalue weighted by molar-refractivity contribution is 0.0472. The lowest BCUT2D eigenvalue weighted by Crippen LogP contribution is -2.51. The SMILES string of the molecule is CC(C)(CNCc1ccc2[nH]ccc2c1)NC(=O)OC(C)(C)C. The van der Waals surface area contributed by atoms with E-state index in [-0.39, 0.29) is 5.54 Å². The van der Waals surface area contributed by atoms with Crippen molar-refractivity contribution in [3.63, 3.8) is 0 Å². The van der Waals surface area contributed by atoms with Crippen LogP contribution in [-0.2, 0) is 11.3 Å². The van der Waals surface area contributed by atoms with Crippen molar-refractivity contribution in [1.82, 2.24) is 15.6 Å². The highest BCUT2D eigenvalue weighted by Gasteiger charge is 2.24. The highest BCUT2D eigenvalue weighted by Crippen LogP contribution is 2.14. The molecule has 1 aromatic heterocycles. The number of H-pyrrole nitrogens is 1. The minimum Gasteiger partial charge on any atom is -0.444 e. The molecule has 0 spiro atoms. The van der Waals surface area contributed by atoms with Gasteiger partial charge in [-0.1, -0.05) is 6.07 Å². The van der Waals surface area contributed by atoms with Crippen LogP contribution in [0.5, 0.6) is 0 Å². The molecule has 1 amide bonds. The monoisotopic (exact) mass is 317 g/mol. The molecule has 2 rings (SSSR count). The number of benzene rings is 1. The van der Waals surface area contributed by atoms with Gasteiger partial charge in [0, 0.05) is 24.8 Å². The van der Waals surface area contributed by atoms with Gasteiger partial charge in [0.15, 0.2) is 0 Å². The van der Waals surface area contributed by atoms with Gasteiger partial charge in [0.1, 0.15) is 5.60 Å². The maximum absolute atomic E-state index is 11.9. The molecule has 1 heterocycles. The lowest BCUT2D eigenvalue weighted by Gasteiger charge is -2.29. The van der Waals surface area contributed by atoms with Crippen molar-refractivity contribution in [1.29, 1.82) is 0 Å². The second-order valence-corrected chi connectivity index (χ2v) is 7.51. The zero-order valence-electron chi connectivity index (χ0n) is 14.6. The summed E-state index contributed by atoms with van der Waals surface area (Å²) in [5.41, 5.74) is 1.48. The third-order valence-corrected chi connectivity index (χ3v) is 3.35. The molecule has 0 aliphatic carbocycles. The van der Waals surface area contributed by atoms with Gasteiger partial charge in [-0.25, -0.2) is 4.79 Å². The van der Waals surface area contributed by atoms with Gasteiger partial charge >= 0.3 is 6.09 Å². The number of nitrogens with one attached hydrogen (secondary N) is 3. The predicted octanol–water partition coefficient (Wildman–Crippen LogP) is 3.56. The second-order valence-electron chi connectivity index (χ2n) is 7.51. The molecule has 1 aromatic carbocycles. The Labute approximate surface area is 137 Å². The number of aromatic amines is 1. The maximum atomic E-state index is 11.9. The largest absolute Gasteiger partial charge is 0.444 e. The van der Waals surface area contributed by atoms with Crippen LogP contribution >= 0.6 is 0 Å². The molecule has 0 saturated carbocycles. The lowest BCUT2D eigenvalue weighted by atomic mass is 10.1. The van der Waals surface area contributed by atoms with E-state index < -0.39 is 11.7 Å². The van der Waals surface area contributed by atoms with Gasteiger partial charge in [-0.15, -0.1) is 0 Å². The fourth-order valence-corrected chi connectivity index (χ4v) is 2.36. The maximum Gasteiger partial charge on any atom is 0.408 e. The minimum atomic E-state index is -0.487. The molecule has 0 unspecified atom stereocenters. The van der Waals surface area contributed by atoms with Crippen LogP contribution in [0.3, 0.4) is 0 Å².